The molecule has 1 aromatic rings. The Kier molecular flexibility index (Phi) is 5.24. The molecule has 21 heavy (non-hydrogen) atoms. The minimum Gasteiger partial charge on any atom is -0.369 e. The maximum Gasteiger partial charge on any atom is 0.151 e. The van der Waals surface area contributed by atoms with Crippen LogP contribution < -0.4 is 5.32 Å². The fourth-order valence-corrected chi connectivity index (χ4v) is 4.92. The van der Waals surface area contributed by atoms with Crippen LogP contribution in [-0.4, -0.2) is 36.4 Å². The lowest BCUT2D eigenvalue weighted by Gasteiger charge is -2.16. The quantitative estimate of drug-likeness (QED) is 0.855. The van der Waals surface area contributed by atoms with Crippen LogP contribution in [0.1, 0.15) is 57.0 Å². The summed E-state index contributed by atoms with van der Waals surface area (Å²) in [6.45, 7) is 7.07. The van der Waals surface area contributed by atoms with Gasteiger partial charge in [0.25, 0.3) is 0 Å². The van der Waals surface area contributed by atoms with Crippen molar-refractivity contribution in [3.8, 4) is 0 Å². The molecule has 1 aliphatic heterocycles. The number of nitrogens with zero attached hydrogens (tertiary/aromatic N) is 2. The van der Waals surface area contributed by atoms with Gasteiger partial charge in [0.05, 0.1) is 21.7 Å². The Hall–Kier alpha value is -0.690. The Bertz CT molecular complexity index is 617. The van der Waals surface area contributed by atoms with E-state index in [0.717, 1.165) is 29.0 Å². The van der Waals surface area contributed by atoms with Crippen molar-refractivity contribution in [2.24, 2.45) is 0 Å². The Morgan fingerprint density at radius 2 is 2.10 bits per heavy atom. The van der Waals surface area contributed by atoms with Gasteiger partial charge in [-0.15, -0.1) is 0 Å². The van der Waals surface area contributed by atoms with Crippen LogP contribution in [0, 0.1) is 0 Å². The molecule has 1 saturated heterocycles. The fourth-order valence-electron chi connectivity index (χ4n) is 2.41. The van der Waals surface area contributed by atoms with Gasteiger partial charge >= 0.3 is 0 Å². The lowest BCUT2D eigenvalue weighted by atomic mass is 10.1. The van der Waals surface area contributed by atoms with E-state index in [1.54, 1.807) is 0 Å². The van der Waals surface area contributed by atoms with Crippen molar-refractivity contribution in [2.75, 3.05) is 23.4 Å². The maximum absolute atomic E-state index is 11.7. The monoisotopic (exact) mass is 375 g/mol. The molecular formula is C14H22BrN3O2S. The van der Waals surface area contributed by atoms with Gasteiger partial charge in [-0.2, -0.15) is 0 Å². The predicted octanol–water partition coefficient (Wildman–Crippen LogP) is 3.09. The van der Waals surface area contributed by atoms with Gasteiger partial charge in [-0.05, 0) is 34.7 Å². The SMILES string of the molecule is CCCNc1nc(C2CCS(=O)(=O)C2)nc(C(C)C)c1Br. The summed E-state index contributed by atoms with van der Waals surface area (Å²) in [4.78, 5) is 9.19. The first-order valence-corrected chi connectivity index (χ1v) is 9.97. The van der Waals surface area contributed by atoms with Crippen molar-refractivity contribution in [3.05, 3.63) is 16.0 Å². The van der Waals surface area contributed by atoms with Gasteiger partial charge in [0, 0.05) is 12.5 Å². The average Bonchev–Trinajstić information content (AvgIpc) is 2.77. The molecule has 7 heteroatoms. The number of aromatic nitrogens is 2. The minimum absolute atomic E-state index is 0.0808. The number of nitrogens with one attached hydrogen (secondary N) is 1. The highest BCUT2D eigenvalue weighted by Crippen LogP contribution is 2.33. The van der Waals surface area contributed by atoms with Crippen LogP contribution in [0.15, 0.2) is 4.47 Å². The maximum atomic E-state index is 11.7. The molecule has 0 aliphatic carbocycles. The van der Waals surface area contributed by atoms with E-state index in [1.165, 1.54) is 0 Å². The van der Waals surface area contributed by atoms with E-state index in [0.29, 0.717) is 12.2 Å². The molecule has 118 valence electrons. The second-order valence-electron chi connectivity index (χ2n) is 5.81. The molecule has 0 amide bonds. The van der Waals surface area contributed by atoms with Crippen LogP contribution in [0.25, 0.3) is 0 Å². The van der Waals surface area contributed by atoms with E-state index < -0.39 is 9.84 Å². The predicted molar refractivity (Wildman–Crippen MR) is 88.6 cm³/mol. The Balaban J connectivity index is 2.39. The third kappa shape index (κ3) is 3.94. The van der Waals surface area contributed by atoms with Crippen molar-refractivity contribution >= 4 is 31.6 Å². The number of halogens is 1. The molecule has 1 unspecified atom stereocenters. The highest BCUT2D eigenvalue weighted by molar-refractivity contribution is 9.10. The Labute approximate surface area is 135 Å². The van der Waals surface area contributed by atoms with Crippen LogP contribution in [0.3, 0.4) is 0 Å². The molecule has 1 N–H and O–H groups in total. The van der Waals surface area contributed by atoms with Crippen LogP contribution in [0.2, 0.25) is 0 Å². The number of anilines is 1. The molecule has 0 bridgehead atoms. The Morgan fingerprint density at radius 1 is 1.38 bits per heavy atom. The number of hydrogen-bond acceptors (Lipinski definition) is 5. The second kappa shape index (κ2) is 6.60. The minimum atomic E-state index is -2.93. The highest BCUT2D eigenvalue weighted by atomic mass is 79.9. The topological polar surface area (TPSA) is 72.0 Å². The van der Waals surface area contributed by atoms with Gasteiger partial charge in [0.15, 0.2) is 9.84 Å². The second-order valence-corrected chi connectivity index (χ2v) is 8.83. The zero-order valence-electron chi connectivity index (χ0n) is 12.7. The number of rotatable bonds is 5. The smallest absolute Gasteiger partial charge is 0.151 e. The van der Waals surface area contributed by atoms with Crippen molar-refractivity contribution in [3.63, 3.8) is 0 Å². The molecule has 1 aromatic heterocycles. The summed E-state index contributed by atoms with van der Waals surface area (Å²) in [5, 5.41) is 3.30. The average molecular weight is 376 g/mol. The van der Waals surface area contributed by atoms with Crippen molar-refractivity contribution in [1.82, 2.24) is 9.97 Å². The molecule has 2 heterocycles. The largest absolute Gasteiger partial charge is 0.369 e. The summed E-state index contributed by atoms with van der Waals surface area (Å²) in [5.74, 6) is 2.01. The number of hydrogen-bond donors (Lipinski definition) is 1. The lowest BCUT2D eigenvalue weighted by molar-refractivity contribution is 0.601. The van der Waals surface area contributed by atoms with Crippen molar-refractivity contribution in [2.45, 2.75) is 45.4 Å². The first kappa shape index (κ1) is 16.7. The van der Waals surface area contributed by atoms with Gasteiger partial charge in [0.2, 0.25) is 0 Å². The molecule has 0 spiro atoms. The molecule has 0 saturated carbocycles. The highest BCUT2D eigenvalue weighted by Gasteiger charge is 2.32. The molecule has 1 aliphatic rings. The molecular weight excluding hydrogens is 354 g/mol. The van der Waals surface area contributed by atoms with E-state index in [9.17, 15) is 8.42 Å². The van der Waals surface area contributed by atoms with E-state index in [2.05, 4.69) is 52.0 Å². The molecule has 1 atom stereocenters. The third-order valence-electron chi connectivity index (χ3n) is 3.58. The van der Waals surface area contributed by atoms with E-state index in [1.807, 2.05) is 0 Å². The summed E-state index contributed by atoms with van der Waals surface area (Å²) >= 11 is 3.57. The van der Waals surface area contributed by atoms with E-state index in [-0.39, 0.29) is 23.3 Å². The van der Waals surface area contributed by atoms with Crippen LogP contribution in [0.5, 0.6) is 0 Å². The zero-order valence-corrected chi connectivity index (χ0v) is 15.1. The van der Waals surface area contributed by atoms with E-state index >= 15 is 0 Å². The van der Waals surface area contributed by atoms with Crippen LogP contribution >= 0.6 is 15.9 Å². The van der Waals surface area contributed by atoms with Crippen LogP contribution in [0.4, 0.5) is 5.82 Å². The first-order valence-electron chi connectivity index (χ1n) is 7.35. The van der Waals surface area contributed by atoms with Gasteiger partial charge in [-0.25, -0.2) is 18.4 Å². The summed E-state index contributed by atoms with van der Waals surface area (Å²) in [7, 11) is -2.93. The van der Waals surface area contributed by atoms with Gasteiger partial charge in [-0.1, -0.05) is 20.8 Å². The standard InChI is InChI=1S/C14H22BrN3O2S/c1-4-6-16-14-11(15)12(9(2)3)17-13(18-14)10-5-7-21(19,20)8-10/h9-10H,4-8H2,1-3H3,(H,16,17,18). The Morgan fingerprint density at radius 3 is 2.62 bits per heavy atom. The third-order valence-corrected chi connectivity index (χ3v) is 6.13. The summed E-state index contributed by atoms with van der Waals surface area (Å²) in [6.07, 6.45) is 1.62. The van der Waals surface area contributed by atoms with Crippen molar-refractivity contribution < 1.29 is 8.42 Å². The van der Waals surface area contributed by atoms with Crippen molar-refractivity contribution in [1.29, 1.82) is 0 Å². The van der Waals surface area contributed by atoms with E-state index in [4.69, 9.17) is 0 Å². The molecule has 1 fully saturated rings. The summed E-state index contributed by atoms with van der Waals surface area (Å²) in [5.41, 5.74) is 0.933. The van der Waals surface area contributed by atoms with Gasteiger partial charge < -0.3 is 5.32 Å². The normalized spacial score (nSPS) is 20.9. The summed E-state index contributed by atoms with van der Waals surface area (Å²) in [6, 6.07) is 0. The van der Waals surface area contributed by atoms with Gasteiger partial charge in [0.1, 0.15) is 11.6 Å². The van der Waals surface area contributed by atoms with Crippen LogP contribution in [-0.2, 0) is 9.84 Å². The molecule has 2 rings (SSSR count). The lowest BCUT2D eigenvalue weighted by Crippen LogP contribution is -2.13. The van der Waals surface area contributed by atoms with Gasteiger partial charge in [-0.3, -0.25) is 0 Å². The zero-order chi connectivity index (χ0) is 15.6. The molecule has 0 radical (unpaired) electrons. The molecule has 0 aromatic carbocycles. The fraction of sp³-hybridized carbons (Fsp3) is 0.714. The summed E-state index contributed by atoms with van der Waals surface area (Å²) < 4.78 is 24.2. The molecule has 5 nitrogen and oxygen atoms in total. The first-order chi connectivity index (χ1) is 9.84. The number of sulfone groups is 1.